The fourth-order valence-electron chi connectivity index (χ4n) is 2.19. The molecular formula is C14H16BrClN2O2. The van der Waals surface area contributed by atoms with Gasteiger partial charge in [-0.05, 0) is 24.1 Å². The van der Waals surface area contributed by atoms with E-state index < -0.39 is 6.04 Å². The van der Waals surface area contributed by atoms with Gasteiger partial charge in [0.15, 0.2) is 0 Å². The predicted molar refractivity (Wildman–Crippen MR) is 82.9 cm³/mol. The first-order chi connectivity index (χ1) is 9.40. The molecule has 0 aromatic heterocycles. The highest BCUT2D eigenvalue weighted by Gasteiger charge is 2.33. The summed E-state index contributed by atoms with van der Waals surface area (Å²) >= 11 is 9.56. The van der Waals surface area contributed by atoms with E-state index >= 15 is 0 Å². The minimum atomic E-state index is -0.510. The van der Waals surface area contributed by atoms with E-state index in [4.69, 9.17) is 11.6 Å². The van der Waals surface area contributed by atoms with Crippen LogP contribution < -0.4 is 10.2 Å². The number of hydrogen-bond donors (Lipinski definition) is 1. The Morgan fingerprint density at radius 3 is 2.70 bits per heavy atom. The molecule has 0 saturated carbocycles. The van der Waals surface area contributed by atoms with E-state index in [0.29, 0.717) is 17.3 Å². The molecule has 20 heavy (non-hydrogen) atoms. The van der Waals surface area contributed by atoms with Crippen LogP contribution in [0.25, 0.3) is 0 Å². The van der Waals surface area contributed by atoms with E-state index in [-0.39, 0.29) is 24.2 Å². The summed E-state index contributed by atoms with van der Waals surface area (Å²) in [7, 11) is 0. The van der Waals surface area contributed by atoms with Crippen molar-refractivity contribution in [3.63, 3.8) is 0 Å². The maximum Gasteiger partial charge on any atom is 0.249 e. The molecule has 1 heterocycles. The normalized spacial score (nSPS) is 20.1. The molecule has 1 aromatic rings. The van der Waals surface area contributed by atoms with Gasteiger partial charge in [0, 0.05) is 17.4 Å². The minimum absolute atomic E-state index is 0.0290. The fourth-order valence-corrected chi connectivity index (χ4v) is 2.97. The molecule has 1 aliphatic heterocycles. The molecule has 1 atom stereocenters. The Morgan fingerprint density at radius 2 is 2.10 bits per heavy atom. The molecule has 2 amide bonds. The smallest absolute Gasteiger partial charge is 0.249 e. The van der Waals surface area contributed by atoms with Crippen LogP contribution >= 0.6 is 27.5 Å². The van der Waals surface area contributed by atoms with Crippen LogP contribution in [-0.2, 0) is 9.59 Å². The van der Waals surface area contributed by atoms with Crippen LogP contribution in [0.3, 0.4) is 0 Å². The van der Waals surface area contributed by atoms with Crippen LogP contribution in [0.1, 0.15) is 20.3 Å². The Labute approximate surface area is 131 Å². The highest BCUT2D eigenvalue weighted by molar-refractivity contribution is 9.10. The van der Waals surface area contributed by atoms with E-state index in [0.717, 1.165) is 4.47 Å². The summed E-state index contributed by atoms with van der Waals surface area (Å²) in [5, 5.41) is 3.27. The number of halogens is 2. The number of rotatable bonds is 2. The number of nitrogens with zero attached hydrogens (tertiary/aromatic N) is 1. The van der Waals surface area contributed by atoms with Gasteiger partial charge >= 0.3 is 0 Å². The number of benzene rings is 1. The maximum atomic E-state index is 12.6. The molecule has 1 fully saturated rings. The Hall–Kier alpha value is -1.07. The summed E-state index contributed by atoms with van der Waals surface area (Å²) in [5.41, 5.74) is 0.641. The number of hydrogen-bond acceptors (Lipinski definition) is 2. The molecule has 1 aromatic carbocycles. The average Bonchev–Trinajstić information content (AvgIpc) is 2.50. The van der Waals surface area contributed by atoms with Gasteiger partial charge in [-0.15, -0.1) is 0 Å². The second kappa shape index (κ2) is 6.14. The van der Waals surface area contributed by atoms with E-state index in [1.54, 1.807) is 17.0 Å². The maximum absolute atomic E-state index is 12.6. The number of carbonyl (C=O) groups is 2. The van der Waals surface area contributed by atoms with Gasteiger partial charge in [-0.3, -0.25) is 9.59 Å². The molecular weight excluding hydrogens is 344 g/mol. The van der Waals surface area contributed by atoms with Gasteiger partial charge in [0.05, 0.1) is 10.7 Å². The summed E-state index contributed by atoms with van der Waals surface area (Å²) in [4.78, 5) is 25.9. The monoisotopic (exact) mass is 358 g/mol. The number of anilines is 1. The molecule has 0 radical (unpaired) electrons. The highest BCUT2D eigenvalue weighted by atomic mass is 79.9. The second-order valence-corrected chi connectivity index (χ2v) is 6.45. The molecule has 0 bridgehead atoms. The molecule has 2 rings (SSSR count). The molecule has 4 nitrogen and oxygen atoms in total. The van der Waals surface area contributed by atoms with Gasteiger partial charge in [0.2, 0.25) is 11.8 Å². The Morgan fingerprint density at radius 1 is 1.40 bits per heavy atom. The lowest BCUT2D eigenvalue weighted by molar-refractivity contribution is -0.126. The van der Waals surface area contributed by atoms with E-state index in [9.17, 15) is 9.59 Å². The number of nitrogens with one attached hydrogen (secondary N) is 1. The van der Waals surface area contributed by atoms with Gasteiger partial charge in [-0.2, -0.15) is 0 Å². The van der Waals surface area contributed by atoms with Gasteiger partial charge in [-0.1, -0.05) is 41.4 Å². The summed E-state index contributed by atoms with van der Waals surface area (Å²) in [5.74, 6) is -0.191. The summed E-state index contributed by atoms with van der Waals surface area (Å²) in [6.07, 6.45) is 0.279. The van der Waals surface area contributed by atoms with Crippen molar-refractivity contribution >= 4 is 45.0 Å². The van der Waals surface area contributed by atoms with Crippen molar-refractivity contribution in [2.24, 2.45) is 5.92 Å². The van der Waals surface area contributed by atoms with Gasteiger partial charge in [0.1, 0.15) is 6.04 Å². The molecule has 1 aliphatic rings. The standard InChI is InChI=1S/C14H16BrClN2O2/c1-8(2)13-14(20)18(6-5-12(19)17-13)11-4-3-9(15)7-10(11)16/h3-4,7-8,13H,5-6H2,1-2H3,(H,17,19). The number of amides is 2. The van der Waals surface area contributed by atoms with Crippen molar-refractivity contribution in [3.8, 4) is 0 Å². The Kier molecular flexibility index (Phi) is 4.70. The summed E-state index contributed by atoms with van der Waals surface area (Å²) in [6.45, 7) is 4.17. The molecule has 1 saturated heterocycles. The third-order valence-corrected chi connectivity index (χ3v) is 4.07. The van der Waals surface area contributed by atoms with Crippen LogP contribution in [0.5, 0.6) is 0 Å². The molecule has 0 aliphatic carbocycles. The van der Waals surface area contributed by atoms with Crippen molar-refractivity contribution < 1.29 is 9.59 Å². The SMILES string of the molecule is CC(C)C1NC(=O)CCN(c2ccc(Br)cc2Cl)C1=O. The van der Waals surface area contributed by atoms with Crippen LogP contribution in [-0.4, -0.2) is 24.4 Å². The van der Waals surface area contributed by atoms with Gasteiger partial charge in [0.25, 0.3) is 0 Å². The zero-order chi connectivity index (χ0) is 14.9. The predicted octanol–water partition coefficient (Wildman–Crippen LogP) is 2.98. The molecule has 6 heteroatoms. The lowest BCUT2D eigenvalue weighted by Gasteiger charge is -2.26. The largest absolute Gasteiger partial charge is 0.344 e. The van der Waals surface area contributed by atoms with Gasteiger partial charge < -0.3 is 10.2 Å². The number of carbonyl (C=O) groups excluding carboxylic acids is 2. The highest BCUT2D eigenvalue weighted by Crippen LogP contribution is 2.30. The Balaban J connectivity index is 2.38. The first-order valence-corrected chi connectivity index (χ1v) is 7.63. The minimum Gasteiger partial charge on any atom is -0.344 e. The lowest BCUT2D eigenvalue weighted by atomic mass is 10.0. The van der Waals surface area contributed by atoms with Crippen molar-refractivity contribution in [2.45, 2.75) is 26.3 Å². The first-order valence-electron chi connectivity index (χ1n) is 6.46. The second-order valence-electron chi connectivity index (χ2n) is 5.12. The van der Waals surface area contributed by atoms with E-state index in [1.807, 2.05) is 19.9 Å². The van der Waals surface area contributed by atoms with E-state index in [1.165, 1.54) is 0 Å². The third-order valence-electron chi connectivity index (χ3n) is 3.28. The van der Waals surface area contributed by atoms with Gasteiger partial charge in [-0.25, -0.2) is 0 Å². The molecule has 108 valence electrons. The Bertz CT molecular complexity index is 548. The van der Waals surface area contributed by atoms with Crippen molar-refractivity contribution in [1.82, 2.24) is 5.32 Å². The molecule has 1 unspecified atom stereocenters. The zero-order valence-electron chi connectivity index (χ0n) is 11.3. The van der Waals surface area contributed by atoms with Crippen molar-refractivity contribution in [3.05, 3.63) is 27.7 Å². The van der Waals surface area contributed by atoms with Crippen LogP contribution in [0.4, 0.5) is 5.69 Å². The van der Waals surface area contributed by atoms with Crippen LogP contribution in [0.2, 0.25) is 5.02 Å². The van der Waals surface area contributed by atoms with E-state index in [2.05, 4.69) is 21.2 Å². The van der Waals surface area contributed by atoms with Crippen LogP contribution in [0.15, 0.2) is 22.7 Å². The van der Waals surface area contributed by atoms with Crippen molar-refractivity contribution in [1.29, 1.82) is 0 Å². The molecule has 0 spiro atoms. The lowest BCUT2D eigenvalue weighted by Crippen LogP contribution is -2.47. The third kappa shape index (κ3) is 3.15. The summed E-state index contributed by atoms with van der Waals surface area (Å²) < 4.78 is 0.850. The fraction of sp³-hybridized carbons (Fsp3) is 0.429. The first kappa shape index (κ1) is 15.3. The van der Waals surface area contributed by atoms with Crippen LogP contribution in [0, 0.1) is 5.92 Å². The quantitative estimate of drug-likeness (QED) is 0.882. The topological polar surface area (TPSA) is 49.4 Å². The zero-order valence-corrected chi connectivity index (χ0v) is 13.7. The summed E-state index contributed by atoms with van der Waals surface area (Å²) in [6, 6.07) is 4.86. The average molecular weight is 360 g/mol. The van der Waals surface area contributed by atoms with Crippen molar-refractivity contribution in [2.75, 3.05) is 11.4 Å². The molecule has 1 N–H and O–H groups in total.